The van der Waals surface area contributed by atoms with E-state index in [1.54, 1.807) is 0 Å². The van der Waals surface area contributed by atoms with Crippen molar-refractivity contribution < 1.29 is 0 Å². The standard InChI is InChI=1S/C14H17Cl2N/c15-12-4-2-10(6-13(12)16)8-17-14-7-9-1-3-11(14)5-9/h2,4,6,9,11,14,17H,1,3,5,7-8H2. The summed E-state index contributed by atoms with van der Waals surface area (Å²) < 4.78 is 0. The average molecular weight is 270 g/mol. The molecule has 1 N–H and O–H groups in total. The van der Waals surface area contributed by atoms with E-state index in [0.717, 1.165) is 24.4 Å². The van der Waals surface area contributed by atoms with Crippen molar-refractivity contribution in [3.05, 3.63) is 33.8 Å². The molecule has 1 aromatic rings. The highest BCUT2D eigenvalue weighted by Gasteiger charge is 2.38. The maximum absolute atomic E-state index is 6.01. The zero-order valence-electron chi connectivity index (χ0n) is 9.76. The van der Waals surface area contributed by atoms with Crippen LogP contribution in [-0.2, 0) is 6.54 Å². The van der Waals surface area contributed by atoms with Crippen molar-refractivity contribution in [1.82, 2.24) is 5.32 Å². The number of rotatable bonds is 3. The van der Waals surface area contributed by atoms with E-state index in [4.69, 9.17) is 23.2 Å². The Morgan fingerprint density at radius 3 is 2.65 bits per heavy atom. The van der Waals surface area contributed by atoms with Crippen molar-refractivity contribution in [3.63, 3.8) is 0 Å². The molecule has 2 aliphatic carbocycles. The van der Waals surface area contributed by atoms with Crippen LogP contribution in [0.2, 0.25) is 10.0 Å². The molecule has 0 radical (unpaired) electrons. The van der Waals surface area contributed by atoms with E-state index in [1.807, 2.05) is 12.1 Å². The van der Waals surface area contributed by atoms with Crippen molar-refractivity contribution in [3.8, 4) is 0 Å². The zero-order valence-corrected chi connectivity index (χ0v) is 11.3. The molecule has 0 heterocycles. The van der Waals surface area contributed by atoms with Crippen LogP contribution in [-0.4, -0.2) is 6.04 Å². The van der Waals surface area contributed by atoms with Crippen LogP contribution in [0.3, 0.4) is 0 Å². The molecule has 92 valence electrons. The smallest absolute Gasteiger partial charge is 0.0595 e. The lowest BCUT2D eigenvalue weighted by molar-refractivity contribution is 0.351. The van der Waals surface area contributed by atoms with Gasteiger partial charge in [0.2, 0.25) is 0 Å². The predicted molar refractivity (Wildman–Crippen MR) is 72.5 cm³/mol. The lowest BCUT2D eigenvalue weighted by atomic mass is 9.95. The Morgan fingerprint density at radius 2 is 2.00 bits per heavy atom. The minimum atomic E-state index is 0.635. The van der Waals surface area contributed by atoms with Crippen LogP contribution < -0.4 is 5.32 Å². The zero-order chi connectivity index (χ0) is 11.8. The van der Waals surface area contributed by atoms with E-state index in [2.05, 4.69) is 11.4 Å². The maximum atomic E-state index is 6.01. The van der Waals surface area contributed by atoms with Crippen molar-refractivity contribution in [2.45, 2.75) is 38.3 Å². The molecular weight excluding hydrogens is 253 g/mol. The average Bonchev–Trinajstić information content (AvgIpc) is 2.92. The van der Waals surface area contributed by atoms with Gasteiger partial charge < -0.3 is 5.32 Å². The summed E-state index contributed by atoms with van der Waals surface area (Å²) in [5.74, 6) is 1.91. The molecule has 1 nitrogen and oxygen atoms in total. The Hall–Kier alpha value is -0.240. The number of benzene rings is 1. The van der Waals surface area contributed by atoms with Gasteiger partial charge >= 0.3 is 0 Å². The molecule has 2 aliphatic rings. The quantitative estimate of drug-likeness (QED) is 0.864. The van der Waals surface area contributed by atoms with E-state index in [1.165, 1.54) is 31.2 Å². The third kappa shape index (κ3) is 2.47. The molecular formula is C14H17Cl2N. The largest absolute Gasteiger partial charge is 0.310 e. The van der Waals surface area contributed by atoms with Crippen LogP contribution in [0.5, 0.6) is 0 Å². The lowest BCUT2D eigenvalue weighted by Gasteiger charge is -2.23. The fraction of sp³-hybridized carbons (Fsp3) is 0.571. The van der Waals surface area contributed by atoms with Crippen LogP contribution >= 0.6 is 23.2 Å². The molecule has 0 saturated heterocycles. The summed E-state index contributed by atoms with van der Waals surface area (Å²) in [5.41, 5.74) is 1.22. The topological polar surface area (TPSA) is 12.0 Å². The second-order valence-corrected chi connectivity index (χ2v) is 6.23. The predicted octanol–water partition coefficient (Wildman–Crippen LogP) is 4.27. The molecule has 0 aliphatic heterocycles. The summed E-state index contributed by atoms with van der Waals surface area (Å²) in [7, 11) is 0. The second kappa shape index (κ2) is 4.79. The Bertz CT molecular complexity index is 419. The third-order valence-corrected chi connectivity index (χ3v) is 5.03. The summed E-state index contributed by atoms with van der Waals surface area (Å²) in [4.78, 5) is 0. The summed E-state index contributed by atoms with van der Waals surface area (Å²) in [5, 5.41) is 4.96. The van der Waals surface area contributed by atoms with Gasteiger partial charge in [-0.3, -0.25) is 0 Å². The lowest BCUT2D eigenvalue weighted by Crippen LogP contribution is -2.33. The Balaban J connectivity index is 1.59. The molecule has 0 spiro atoms. The van der Waals surface area contributed by atoms with Crippen molar-refractivity contribution in [1.29, 1.82) is 0 Å². The van der Waals surface area contributed by atoms with Gasteiger partial charge in [0.15, 0.2) is 0 Å². The second-order valence-electron chi connectivity index (χ2n) is 5.41. The molecule has 3 atom stereocenters. The molecule has 0 amide bonds. The molecule has 1 aromatic carbocycles. The number of hydrogen-bond donors (Lipinski definition) is 1. The van der Waals surface area contributed by atoms with Crippen LogP contribution in [0.25, 0.3) is 0 Å². The fourth-order valence-electron chi connectivity index (χ4n) is 3.39. The minimum Gasteiger partial charge on any atom is -0.310 e. The number of nitrogens with one attached hydrogen (secondary N) is 1. The van der Waals surface area contributed by atoms with Gasteiger partial charge in [-0.25, -0.2) is 0 Å². The van der Waals surface area contributed by atoms with E-state index >= 15 is 0 Å². The van der Waals surface area contributed by atoms with Crippen LogP contribution in [0.1, 0.15) is 31.2 Å². The third-order valence-electron chi connectivity index (χ3n) is 4.29. The summed E-state index contributed by atoms with van der Waals surface area (Å²) in [6.07, 6.45) is 5.68. The van der Waals surface area contributed by atoms with Gasteiger partial charge in [-0.1, -0.05) is 35.7 Å². The van der Waals surface area contributed by atoms with E-state index in [0.29, 0.717) is 10.0 Å². The number of fused-ring (bicyclic) bond motifs is 2. The molecule has 2 bridgehead atoms. The summed E-state index contributed by atoms with van der Waals surface area (Å²) >= 11 is 11.9. The number of halogens is 2. The summed E-state index contributed by atoms with van der Waals surface area (Å²) in [6.45, 7) is 0.908. The molecule has 3 rings (SSSR count). The maximum Gasteiger partial charge on any atom is 0.0595 e. The first-order chi connectivity index (χ1) is 8.22. The van der Waals surface area contributed by atoms with Gasteiger partial charge in [0.1, 0.15) is 0 Å². The van der Waals surface area contributed by atoms with Crippen molar-refractivity contribution >= 4 is 23.2 Å². The Morgan fingerprint density at radius 1 is 1.12 bits per heavy atom. The first-order valence-electron chi connectivity index (χ1n) is 6.39. The van der Waals surface area contributed by atoms with Gasteiger partial charge in [0.25, 0.3) is 0 Å². The highest BCUT2D eigenvalue weighted by molar-refractivity contribution is 6.42. The van der Waals surface area contributed by atoms with Gasteiger partial charge in [-0.05, 0) is 48.8 Å². The van der Waals surface area contributed by atoms with Crippen LogP contribution in [0.15, 0.2) is 18.2 Å². The molecule has 0 aromatic heterocycles. The molecule has 3 heteroatoms. The van der Waals surface area contributed by atoms with Gasteiger partial charge in [-0.2, -0.15) is 0 Å². The first-order valence-corrected chi connectivity index (χ1v) is 7.15. The molecule has 3 unspecified atom stereocenters. The van der Waals surface area contributed by atoms with E-state index < -0.39 is 0 Å². The van der Waals surface area contributed by atoms with E-state index in [-0.39, 0.29) is 0 Å². The molecule has 2 saturated carbocycles. The summed E-state index contributed by atoms with van der Waals surface area (Å²) in [6, 6.07) is 6.61. The highest BCUT2D eigenvalue weighted by Crippen LogP contribution is 2.44. The van der Waals surface area contributed by atoms with Crippen LogP contribution in [0, 0.1) is 11.8 Å². The van der Waals surface area contributed by atoms with Crippen molar-refractivity contribution in [2.75, 3.05) is 0 Å². The van der Waals surface area contributed by atoms with Crippen LogP contribution in [0.4, 0.5) is 0 Å². The van der Waals surface area contributed by atoms with Crippen molar-refractivity contribution in [2.24, 2.45) is 11.8 Å². The minimum absolute atomic E-state index is 0.635. The fourth-order valence-corrected chi connectivity index (χ4v) is 3.71. The molecule has 17 heavy (non-hydrogen) atoms. The Kier molecular flexibility index (Phi) is 3.34. The normalized spacial score (nSPS) is 31.1. The number of hydrogen-bond acceptors (Lipinski definition) is 1. The highest BCUT2D eigenvalue weighted by atomic mass is 35.5. The first kappa shape index (κ1) is 11.8. The van der Waals surface area contributed by atoms with E-state index in [9.17, 15) is 0 Å². The monoisotopic (exact) mass is 269 g/mol. The molecule has 2 fully saturated rings. The van der Waals surface area contributed by atoms with Gasteiger partial charge in [-0.15, -0.1) is 0 Å². The SMILES string of the molecule is Clc1ccc(CNC2CC3CCC2C3)cc1Cl. The van der Waals surface area contributed by atoms with Gasteiger partial charge in [0, 0.05) is 12.6 Å². The van der Waals surface area contributed by atoms with Gasteiger partial charge in [0.05, 0.1) is 10.0 Å². The Labute approximate surface area is 112 Å².